The van der Waals surface area contributed by atoms with Crippen molar-refractivity contribution in [2.24, 2.45) is 0 Å². The molecule has 8 heteroatoms. The average molecular weight is 330 g/mol. The van der Waals surface area contributed by atoms with Crippen LogP contribution in [-0.4, -0.2) is 16.1 Å². The van der Waals surface area contributed by atoms with Crippen LogP contribution in [0, 0.1) is 11.6 Å². The predicted octanol–water partition coefficient (Wildman–Crippen LogP) is 3.72. The lowest BCUT2D eigenvalue weighted by atomic mass is 10.2. The van der Waals surface area contributed by atoms with Crippen LogP contribution in [-0.2, 0) is 4.79 Å². The molecule has 0 spiro atoms. The number of para-hydroxylation sites is 1. The maximum absolute atomic E-state index is 13.6. The molecule has 0 unspecified atom stereocenters. The second kappa shape index (κ2) is 6.45. The highest BCUT2D eigenvalue weighted by Gasteiger charge is 2.14. The highest BCUT2D eigenvalue weighted by Crippen LogP contribution is 2.26. The molecule has 3 rings (SSSR count). The van der Waals surface area contributed by atoms with Crippen molar-refractivity contribution in [2.75, 3.05) is 10.6 Å². The van der Waals surface area contributed by atoms with E-state index in [1.165, 1.54) is 13.0 Å². The van der Waals surface area contributed by atoms with Gasteiger partial charge in [-0.25, -0.2) is 8.78 Å². The van der Waals surface area contributed by atoms with Gasteiger partial charge in [0.15, 0.2) is 0 Å². The van der Waals surface area contributed by atoms with E-state index in [9.17, 15) is 13.6 Å². The molecule has 0 aliphatic rings. The van der Waals surface area contributed by atoms with Crippen LogP contribution in [0.15, 0.2) is 46.9 Å². The van der Waals surface area contributed by atoms with Crippen molar-refractivity contribution in [3.8, 4) is 11.5 Å². The zero-order valence-electron chi connectivity index (χ0n) is 12.5. The van der Waals surface area contributed by atoms with E-state index in [4.69, 9.17) is 4.42 Å². The lowest BCUT2D eigenvalue weighted by Gasteiger charge is -2.04. The summed E-state index contributed by atoms with van der Waals surface area (Å²) in [6.07, 6.45) is 0. The Labute approximate surface area is 135 Å². The van der Waals surface area contributed by atoms with E-state index in [-0.39, 0.29) is 23.5 Å². The summed E-state index contributed by atoms with van der Waals surface area (Å²) in [7, 11) is 0. The number of benzene rings is 2. The Bertz CT molecular complexity index is 875. The molecule has 2 aromatic carbocycles. The summed E-state index contributed by atoms with van der Waals surface area (Å²) < 4.78 is 32.6. The molecule has 1 heterocycles. The van der Waals surface area contributed by atoms with Crippen LogP contribution < -0.4 is 10.6 Å². The third kappa shape index (κ3) is 3.37. The number of hydrogen-bond donors (Lipinski definition) is 2. The van der Waals surface area contributed by atoms with Gasteiger partial charge in [0.2, 0.25) is 11.8 Å². The van der Waals surface area contributed by atoms with Crippen molar-refractivity contribution in [2.45, 2.75) is 6.92 Å². The van der Waals surface area contributed by atoms with Gasteiger partial charge in [-0.2, -0.15) is 0 Å². The second-order valence-corrected chi connectivity index (χ2v) is 4.90. The van der Waals surface area contributed by atoms with Crippen LogP contribution in [0.1, 0.15) is 6.92 Å². The molecule has 0 bridgehead atoms. The van der Waals surface area contributed by atoms with E-state index < -0.39 is 11.6 Å². The van der Waals surface area contributed by atoms with Gasteiger partial charge < -0.3 is 15.1 Å². The Morgan fingerprint density at radius 3 is 2.50 bits per heavy atom. The van der Waals surface area contributed by atoms with Crippen LogP contribution in [0.3, 0.4) is 0 Å². The number of anilines is 3. The van der Waals surface area contributed by atoms with Crippen LogP contribution in [0.4, 0.5) is 26.2 Å². The molecule has 1 amide bonds. The van der Waals surface area contributed by atoms with E-state index in [0.717, 1.165) is 12.1 Å². The van der Waals surface area contributed by atoms with E-state index in [1.54, 1.807) is 24.3 Å². The molecule has 0 fully saturated rings. The van der Waals surface area contributed by atoms with Gasteiger partial charge in [-0.3, -0.25) is 4.79 Å². The number of amides is 1. The fraction of sp³-hybridized carbons (Fsp3) is 0.0625. The standard InChI is InChI=1S/C16H12F2N4O2/c1-9(23)19-11-5-2-4-10(8-11)15-21-22-16(24-15)20-14-12(17)6-3-7-13(14)18/h2-8H,1H3,(H,19,23)(H,20,22). The van der Waals surface area contributed by atoms with Crippen LogP contribution in [0.5, 0.6) is 0 Å². The number of rotatable bonds is 4. The Morgan fingerprint density at radius 1 is 1.08 bits per heavy atom. The van der Waals surface area contributed by atoms with Gasteiger partial charge in [0.1, 0.15) is 17.3 Å². The number of aromatic nitrogens is 2. The van der Waals surface area contributed by atoms with Crippen LogP contribution >= 0.6 is 0 Å². The van der Waals surface area contributed by atoms with Crippen LogP contribution in [0.25, 0.3) is 11.5 Å². The molecular formula is C16H12F2N4O2. The minimum absolute atomic E-state index is 0.140. The number of nitrogens with one attached hydrogen (secondary N) is 2. The lowest BCUT2D eigenvalue weighted by molar-refractivity contribution is -0.114. The first-order valence-electron chi connectivity index (χ1n) is 6.95. The molecule has 1 aromatic heterocycles. The average Bonchev–Trinajstić information content (AvgIpc) is 2.99. The number of carbonyl (C=O) groups is 1. The Balaban J connectivity index is 1.85. The normalized spacial score (nSPS) is 10.5. The Hall–Kier alpha value is -3.29. The summed E-state index contributed by atoms with van der Waals surface area (Å²) in [6.45, 7) is 1.39. The summed E-state index contributed by atoms with van der Waals surface area (Å²) >= 11 is 0. The lowest BCUT2D eigenvalue weighted by Crippen LogP contribution is -2.05. The summed E-state index contributed by atoms with van der Waals surface area (Å²) in [5, 5.41) is 12.6. The van der Waals surface area contributed by atoms with Gasteiger partial charge in [-0.05, 0) is 30.3 Å². The Morgan fingerprint density at radius 2 is 1.79 bits per heavy atom. The SMILES string of the molecule is CC(=O)Nc1cccc(-c2nnc(Nc3c(F)cccc3F)o2)c1. The number of hydrogen-bond acceptors (Lipinski definition) is 5. The molecule has 2 N–H and O–H groups in total. The van der Waals surface area contributed by atoms with Crippen molar-refractivity contribution in [3.05, 3.63) is 54.1 Å². The van der Waals surface area contributed by atoms with E-state index >= 15 is 0 Å². The molecule has 6 nitrogen and oxygen atoms in total. The minimum Gasteiger partial charge on any atom is -0.403 e. The van der Waals surface area contributed by atoms with Crippen molar-refractivity contribution in [3.63, 3.8) is 0 Å². The summed E-state index contributed by atoms with van der Waals surface area (Å²) in [5.41, 5.74) is 0.739. The van der Waals surface area contributed by atoms with Gasteiger partial charge in [0, 0.05) is 18.2 Å². The van der Waals surface area contributed by atoms with Crippen LogP contribution in [0.2, 0.25) is 0 Å². The third-order valence-corrected chi connectivity index (χ3v) is 3.05. The van der Waals surface area contributed by atoms with E-state index in [2.05, 4.69) is 20.8 Å². The summed E-state index contributed by atoms with van der Waals surface area (Å²) in [6, 6.07) is 10.1. The molecule has 0 radical (unpaired) electrons. The minimum atomic E-state index is -0.776. The maximum atomic E-state index is 13.6. The molecular weight excluding hydrogens is 318 g/mol. The highest BCUT2D eigenvalue weighted by atomic mass is 19.1. The van der Waals surface area contributed by atoms with Crippen molar-refractivity contribution in [1.82, 2.24) is 10.2 Å². The zero-order valence-corrected chi connectivity index (χ0v) is 12.5. The van der Waals surface area contributed by atoms with Gasteiger partial charge in [0.25, 0.3) is 0 Å². The number of nitrogens with zero attached hydrogens (tertiary/aromatic N) is 2. The summed E-state index contributed by atoms with van der Waals surface area (Å²) in [5.74, 6) is -1.62. The first kappa shape index (κ1) is 15.6. The second-order valence-electron chi connectivity index (χ2n) is 4.90. The van der Waals surface area contributed by atoms with Gasteiger partial charge >= 0.3 is 6.01 Å². The molecule has 24 heavy (non-hydrogen) atoms. The summed E-state index contributed by atoms with van der Waals surface area (Å²) in [4.78, 5) is 11.1. The van der Waals surface area contributed by atoms with E-state index in [1.807, 2.05) is 0 Å². The van der Waals surface area contributed by atoms with Gasteiger partial charge in [-0.15, -0.1) is 5.10 Å². The molecule has 3 aromatic rings. The predicted molar refractivity (Wildman–Crippen MR) is 83.7 cm³/mol. The zero-order chi connectivity index (χ0) is 17.1. The maximum Gasteiger partial charge on any atom is 0.320 e. The third-order valence-electron chi connectivity index (χ3n) is 3.05. The van der Waals surface area contributed by atoms with Crippen molar-refractivity contribution < 1.29 is 18.0 Å². The molecule has 0 saturated heterocycles. The molecule has 0 aliphatic heterocycles. The fourth-order valence-electron chi connectivity index (χ4n) is 2.05. The highest BCUT2D eigenvalue weighted by molar-refractivity contribution is 5.89. The fourth-order valence-corrected chi connectivity index (χ4v) is 2.05. The smallest absolute Gasteiger partial charge is 0.320 e. The molecule has 122 valence electrons. The number of halogens is 2. The van der Waals surface area contributed by atoms with Crippen molar-refractivity contribution >= 4 is 23.3 Å². The van der Waals surface area contributed by atoms with Gasteiger partial charge in [0.05, 0.1) is 0 Å². The Kier molecular flexibility index (Phi) is 4.19. The largest absolute Gasteiger partial charge is 0.403 e. The molecule has 0 aliphatic carbocycles. The quantitative estimate of drug-likeness (QED) is 0.762. The topological polar surface area (TPSA) is 80.0 Å². The van der Waals surface area contributed by atoms with Crippen molar-refractivity contribution in [1.29, 1.82) is 0 Å². The first-order valence-corrected chi connectivity index (χ1v) is 6.95. The number of carbonyl (C=O) groups excluding carboxylic acids is 1. The monoisotopic (exact) mass is 330 g/mol. The van der Waals surface area contributed by atoms with E-state index in [0.29, 0.717) is 11.3 Å². The molecule has 0 atom stereocenters. The molecule has 0 saturated carbocycles. The first-order chi connectivity index (χ1) is 11.5. The van der Waals surface area contributed by atoms with Gasteiger partial charge in [-0.1, -0.05) is 17.2 Å².